The number of aromatic nitrogens is 4. The van der Waals surface area contributed by atoms with E-state index in [1.165, 1.54) is 6.07 Å². The normalized spacial score (nSPS) is 18.0. The third-order valence-corrected chi connectivity index (χ3v) is 4.40. The third kappa shape index (κ3) is 2.58. The van der Waals surface area contributed by atoms with Crippen molar-refractivity contribution in [3.05, 3.63) is 54.2 Å². The first kappa shape index (κ1) is 14.6. The minimum absolute atomic E-state index is 0.0173. The van der Waals surface area contributed by atoms with Gasteiger partial charge in [-0.05, 0) is 25.0 Å². The van der Waals surface area contributed by atoms with E-state index in [0.717, 1.165) is 31.6 Å². The molecule has 7 heteroatoms. The standard InChI is InChI=1S/C17H17N5O2/c23-16(24)14-10-15-19-7-9-22(15)17(20-14)21-8-3-4-12(11-21)13-5-1-2-6-18-13/h1-2,5-7,9-10,12H,3-4,8,11H2,(H,23,24). The number of imidazole rings is 1. The van der Waals surface area contributed by atoms with Crippen LogP contribution in [0.4, 0.5) is 5.95 Å². The van der Waals surface area contributed by atoms with Crippen LogP contribution in [0.2, 0.25) is 0 Å². The van der Waals surface area contributed by atoms with Gasteiger partial charge in [0.05, 0.1) is 0 Å². The highest BCUT2D eigenvalue weighted by Crippen LogP contribution is 2.28. The Labute approximate surface area is 138 Å². The van der Waals surface area contributed by atoms with E-state index in [0.29, 0.717) is 17.5 Å². The number of piperidine rings is 1. The van der Waals surface area contributed by atoms with Crippen LogP contribution in [-0.4, -0.2) is 43.5 Å². The molecule has 0 spiro atoms. The van der Waals surface area contributed by atoms with Gasteiger partial charge in [0.15, 0.2) is 5.69 Å². The van der Waals surface area contributed by atoms with E-state index in [1.54, 1.807) is 6.20 Å². The van der Waals surface area contributed by atoms with E-state index in [1.807, 2.05) is 35.0 Å². The molecule has 1 aliphatic rings. The number of carboxylic acid groups (broad SMARTS) is 1. The van der Waals surface area contributed by atoms with E-state index in [9.17, 15) is 9.90 Å². The van der Waals surface area contributed by atoms with Crippen molar-refractivity contribution in [2.24, 2.45) is 0 Å². The predicted octanol–water partition coefficient (Wildman–Crippen LogP) is 2.21. The Morgan fingerprint density at radius 2 is 2.17 bits per heavy atom. The zero-order chi connectivity index (χ0) is 16.5. The van der Waals surface area contributed by atoms with Gasteiger partial charge in [-0.25, -0.2) is 14.8 Å². The number of carbonyl (C=O) groups is 1. The van der Waals surface area contributed by atoms with Gasteiger partial charge in [0.1, 0.15) is 5.65 Å². The third-order valence-electron chi connectivity index (χ3n) is 4.40. The second-order valence-corrected chi connectivity index (χ2v) is 5.94. The molecule has 0 aliphatic carbocycles. The Balaban J connectivity index is 1.71. The summed E-state index contributed by atoms with van der Waals surface area (Å²) in [4.78, 5) is 26.5. The summed E-state index contributed by atoms with van der Waals surface area (Å²) in [6.07, 6.45) is 7.36. The molecule has 0 aromatic carbocycles. The van der Waals surface area contributed by atoms with Crippen LogP contribution in [-0.2, 0) is 0 Å². The lowest BCUT2D eigenvalue weighted by molar-refractivity contribution is 0.0690. The average Bonchev–Trinajstić information content (AvgIpc) is 3.10. The molecule has 24 heavy (non-hydrogen) atoms. The highest BCUT2D eigenvalue weighted by atomic mass is 16.4. The number of hydrogen-bond acceptors (Lipinski definition) is 5. The van der Waals surface area contributed by atoms with Crippen molar-refractivity contribution in [3.63, 3.8) is 0 Å². The van der Waals surface area contributed by atoms with Crippen molar-refractivity contribution in [1.29, 1.82) is 0 Å². The Hall–Kier alpha value is -2.96. The van der Waals surface area contributed by atoms with E-state index in [2.05, 4.69) is 19.9 Å². The minimum Gasteiger partial charge on any atom is -0.477 e. The molecule has 0 amide bonds. The van der Waals surface area contributed by atoms with Crippen LogP contribution >= 0.6 is 0 Å². The second kappa shape index (κ2) is 5.92. The van der Waals surface area contributed by atoms with Gasteiger partial charge >= 0.3 is 5.97 Å². The average molecular weight is 323 g/mol. The molecular formula is C17H17N5O2. The van der Waals surface area contributed by atoms with Crippen LogP contribution in [0.5, 0.6) is 0 Å². The van der Waals surface area contributed by atoms with Crippen LogP contribution in [0, 0.1) is 0 Å². The molecule has 0 bridgehead atoms. The van der Waals surface area contributed by atoms with Gasteiger partial charge in [0.25, 0.3) is 0 Å². The molecule has 0 radical (unpaired) electrons. The van der Waals surface area contributed by atoms with Crippen LogP contribution < -0.4 is 4.90 Å². The van der Waals surface area contributed by atoms with Crippen LogP contribution in [0.1, 0.15) is 34.9 Å². The zero-order valence-corrected chi connectivity index (χ0v) is 13.0. The van der Waals surface area contributed by atoms with Gasteiger partial charge in [-0.1, -0.05) is 6.07 Å². The molecule has 1 atom stereocenters. The van der Waals surface area contributed by atoms with Crippen LogP contribution in [0.3, 0.4) is 0 Å². The van der Waals surface area contributed by atoms with Crippen LogP contribution in [0.25, 0.3) is 5.65 Å². The molecule has 1 fully saturated rings. The molecule has 1 N–H and O–H groups in total. The fourth-order valence-corrected chi connectivity index (χ4v) is 3.26. The van der Waals surface area contributed by atoms with Crippen molar-refractivity contribution in [2.45, 2.75) is 18.8 Å². The molecule has 3 aromatic rings. The Kier molecular flexibility index (Phi) is 3.60. The minimum atomic E-state index is -1.04. The van der Waals surface area contributed by atoms with Gasteiger partial charge in [0.2, 0.25) is 5.95 Å². The highest BCUT2D eigenvalue weighted by molar-refractivity contribution is 5.87. The molecule has 3 aromatic heterocycles. The van der Waals surface area contributed by atoms with E-state index in [-0.39, 0.29) is 5.69 Å². The summed E-state index contributed by atoms with van der Waals surface area (Å²) >= 11 is 0. The maximum absolute atomic E-state index is 11.4. The molecule has 1 saturated heterocycles. The molecule has 7 nitrogen and oxygen atoms in total. The van der Waals surface area contributed by atoms with Gasteiger partial charge in [-0.3, -0.25) is 9.38 Å². The summed E-state index contributed by atoms with van der Waals surface area (Å²) in [7, 11) is 0. The maximum Gasteiger partial charge on any atom is 0.354 e. The molecule has 0 saturated carbocycles. The summed E-state index contributed by atoms with van der Waals surface area (Å²) in [6.45, 7) is 1.60. The molecule has 4 rings (SSSR count). The lowest BCUT2D eigenvalue weighted by atomic mass is 9.94. The van der Waals surface area contributed by atoms with Crippen molar-refractivity contribution in [3.8, 4) is 0 Å². The van der Waals surface area contributed by atoms with E-state index >= 15 is 0 Å². The second-order valence-electron chi connectivity index (χ2n) is 5.94. The Bertz CT molecular complexity index is 877. The topological polar surface area (TPSA) is 83.6 Å². The number of carboxylic acids is 1. The number of anilines is 1. The van der Waals surface area contributed by atoms with E-state index < -0.39 is 5.97 Å². The largest absolute Gasteiger partial charge is 0.477 e. The number of nitrogens with zero attached hydrogens (tertiary/aromatic N) is 5. The Morgan fingerprint density at radius 1 is 1.25 bits per heavy atom. The number of rotatable bonds is 3. The molecule has 4 heterocycles. The maximum atomic E-state index is 11.4. The number of pyridine rings is 1. The summed E-state index contributed by atoms with van der Waals surface area (Å²) in [5.41, 5.74) is 1.68. The SMILES string of the molecule is O=C(O)c1cc2nccn2c(N2CCCC(c3ccccn3)C2)n1. The molecular weight excluding hydrogens is 306 g/mol. The van der Waals surface area contributed by atoms with Crippen molar-refractivity contribution < 1.29 is 9.90 Å². The molecule has 1 aliphatic heterocycles. The van der Waals surface area contributed by atoms with Crippen molar-refractivity contribution in [1.82, 2.24) is 19.4 Å². The number of aromatic carboxylic acids is 1. The van der Waals surface area contributed by atoms with Crippen LogP contribution in [0.15, 0.2) is 42.9 Å². The van der Waals surface area contributed by atoms with Gasteiger partial charge < -0.3 is 10.0 Å². The van der Waals surface area contributed by atoms with Gasteiger partial charge in [-0.15, -0.1) is 0 Å². The summed E-state index contributed by atoms with van der Waals surface area (Å²) in [5.74, 6) is -0.100. The predicted molar refractivity (Wildman–Crippen MR) is 88.4 cm³/mol. The lowest BCUT2D eigenvalue weighted by Gasteiger charge is -2.33. The quantitative estimate of drug-likeness (QED) is 0.795. The first-order valence-corrected chi connectivity index (χ1v) is 7.95. The zero-order valence-electron chi connectivity index (χ0n) is 13.0. The molecule has 1 unspecified atom stereocenters. The fourth-order valence-electron chi connectivity index (χ4n) is 3.26. The van der Waals surface area contributed by atoms with Crippen molar-refractivity contribution >= 4 is 17.6 Å². The fraction of sp³-hybridized carbons (Fsp3) is 0.294. The van der Waals surface area contributed by atoms with Crippen molar-refractivity contribution in [2.75, 3.05) is 18.0 Å². The summed E-state index contributed by atoms with van der Waals surface area (Å²) < 4.78 is 1.84. The van der Waals surface area contributed by atoms with Gasteiger partial charge in [0, 0.05) is 49.4 Å². The van der Waals surface area contributed by atoms with Gasteiger partial charge in [-0.2, -0.15) is 0 Å². The highest BCUT2D eigenvalue weighted by Gasteiger charge is 2.25. The lowest BCUT2D eigenvalue weighted by Crippen LogP contribution is -2.36. The summed E-state index contributed by atoms with van der Waals surface area (Å²) in [5, 5.41) is 9.31. The summed E-state index contributed by atoms with van der Waals surface area (Å²) in [6, 6.07) is 7.45. The molecule has 122 valence electrons. The number of hydrogen-bond donors (Lipinski definition) is 1. The first-order valence-electron chi connectivity index (χ1n) is 7.95. The van der Waals surface area contributed by atoms with E-state index in [4.69, 9.17) is 0 Å². The first-order chi connectivity index (χ1) is 11.7. The Morgan fingerprint density at radius 3 is 2.96 bits per heavy atom. The smallest absolute Gasteiger partial charge is 0.354 e. The monoisotopic (exact) mass is 323 g/mol. The number of fused-ring (bicyclic) bond motifs is 1.